The monoisotopic (exact) mass is 265 g/mol. The molecule has 2 heterocycles. The van der Waals surface area contributed by atoms with Crippen LogP contribution in [0.3, 0.4) is 0 Å². The highest BCUT2D eigenvalue weighted by Gasteiger charge is 2.36. The fraction of sp³-hybridized carbons (Fsp3) is 0.583. The minimum absolute atomic E-state index is 0.135. The van der Waals surface area contributed by atoms with Gasteiger partial charge in [0.2, 0.25) is 11.8 Å². The first-order chi connectivity index (χ1) is 9.04. The molecule has 2 unspecified atom stereocenters. The SMILES string of the molecule is CNC(=O)C1CCCN1C(=O)C(N)c1cnn(C)c1. The van der Waals surface area contributed by atoms with Crippen LogP contribution in [0.15, 0.2) is 12.4 Å². The lowest BCUT2D eigenvalue weighted by atomic mass is 10.1. The lowest BCUT2D eigenvalue weighted by Crippen LogP contribution is -2.47. The van der Waals surface area contributed by atoms with E-state index in [1.54, 1.807) is 36.1 Å². The molecule has 0 aliphatic carbocycles. The standard InChI is InChI=1S/C12H19N5O2/c1-14-11(18)9-4-3-5-17(9)12(19)10(13)8-6-15-16(2)7-8/h6-7,9-10H,3-5,13H2,1-2H3,(H,14,18). The highest BCUT2D eigenvalue weighted by molar-refractivity contribution is 5.90. The van der Waals surface area contributed by atoms with Gasteiger partial charge in [0, 0.05) is 32.4 Å². The summed E-state index contributed by atoms with van der Waals surface area (Å²) in [5.41, 5.74) is 6.62. The number of likely N-dealkylation sites (tertiary alicyclic amines) is 1. The van der Waals surface area contributed by atoms with Crippen LogP contribution in [0.2, 0.25) is 0 Å². The van der Waals surface area contributed by atoms with Crippen LogP contribution in [0, 0.1) is 0 Å². The Kier molecular flexibility index (Phi) is 3.84. The molecular formula is C12H19N5O2. The number of hydrogen-bond acceptors (Lipinski definition) is 4. The van der Waals surface area contributed by atoms with E-state index in [0.717, 1.165) is 6.42 Å². The highest BCUT2D eigenvalue weighted by Crippen LogP contribution is 2.22. The van der Waals surface area contributed by atoms with Gasteiger partial charge in [-0.15, -0.1) is 0 Å². The minimum Gasteiger partial charge on any atom is -0.357 e. The lowest BCUT2D eigenvalue weighted by Gasteiger charge is -2.25. The van der Waals surface area contributed by atoms with E-state index >= 15 is 0 Å². The van der Waals surface area contributed by atoms with Crippen molar-refractivity contribution >= 4 is 11.8 Å². The predicted molar refractivity (Wildman–Crippen MR) is 68.9 cm³/mol. The molecule has 0 bridgehead atoms. The van der Waals surface area contributed by atoms with Gasteiger partial charge in [-0.05, 0) is 12.8 Å². The van der Waals surface area contributed by atoms with Crippen molar-refractivity contribution in [2.45, 2.75) is 24.9 Å². The lowest BCUT2D eigenvalue weighted by molar-refractivity contribution is -0.139. The molecule has 3 N–H and O–H groups in total. The largest absolute Gasteiger partial charge is 0.357 e. The topological polar surface area (TPSA) is 93.2 Å². The van der Waals surface area contributed by atoms with Crippen molar-refractivity contribution in [3.8, 4) is 0 Å². The van der Waals surface area contributed by atoms with Crippen LogP contribution in [0.1, 0.15) is 24.4 Å². The number of nitrogens with one attached hydrogen (secondary N) is 1. The number of aryl methyl sites for hydroxylation is 1. The third-order valence-corrected chi connectivity index (χ3v) is 3.43. The van der Waals surface area contributed by atoms with Crippen molar-refractivity contribution in [1.82, 2.24) is 20.0 Å². The van der Waals surface area contributed by atoms with E-state index in [1.807, 2.05) is 0 Å². The molecule has 2 amide bonds. The van der Waals surface area contributed by atoms with Crippen LogP contribution >= 0.6 is 0 Å². The summed E-state index contributed by atoms with van der Waals surface area (Å²) < 4.78 is 1.60. The van der Waals surface area contributed by atoms with Gasteiger partial charge in [-0.25, -0.2) is 0 Å². The van der Waals surface area contributed by atoms with Gasteiger partial charge in [0.15, 0.2) is 0 Å². The van der Waals surface area contributed by atoms with E-state index in [1.165, 1.54) is 0 Å². The molecule has 7 nitrogen and oxygen atoms in total. The summed E-state index contributed by atoms with van der Waals surface area (Å²) in [6, 6.07) is -1.17. The Hall–Kier alpha value is -1.89. The molecule has 1 fully saturated rings. The average molecular weight is 265 g/mol. The number of likely N-dealkylation sites (N-methyl/N-ethyl adjacent to an activating group) is 1. The van der Waals surface area contributed by atoms with Crippen molar-refractivity contribution in [3.05, 3.63) is 18.0 Å². The Balaban J connectivity index is 2.12. The van der Waals surface area contributed by atoms with E-state index in [2.05, 4.69) is 10.4 Å². The maximum absolute atomic E-state index is 12.4. The number of hydrogen-bond donors (Lipinski definition) is 2. The normalized spacial score (nSPS) is 20.4. The van der Waals surface area contributed by atoms with Gasteiger partial charge >= 0.3 is 0 Å². The summed E-state index contributed by atoms with van der Waals surface area (Å²) in [6.07, 6.45) is 4.80. The number of rotatable bonds is 3. The van der Waals surface area contributed by atoms with Gasteiger partial charge in [0.25, 0.3) is 0 Å². The summed E-state index contributed by atoms with van der Waals surface area (Å²) in [5.74, 6) is -0.358. The summed E-state index contributed by atoms with van der Waals surface area (Å²) in [5, 5.41) is 6.59. The van der Waals surface area contributed by atoms with Crippen LogP contribution in [0.4, 0.5) is 0 Å². The second kappa shape index (κ2) is 5.40. The Labute approximate surface area is 111 Å². The maximum atomic E-state index is 12.4. The third-order valence-electron chi connectivity index (χ3n) is 3.43. The zero-order valence-electron chi connectivity index (χ0n) is 11.2. The van der Waals surface area contributed by atoms with Crippen molar-refractivity contribution in [2.75, 3.05) is 13.6 Å². The second-order valence-electron chi connectivity index (χ2n) is 4.73. The fourth-order valence-corrected chi connectivity index (χ4v) is 2.39. The number of carbonyl (C=O) groups is 2. The molecular weight excluding hydrogens is 246 g/mol. The molecule has 19 heavy (non-hydrogen) atoms. The molecule has 0 saturated carbocycles. The van der Waals surface area contributed by atoms with Gasteiger partial charge in [-0.3, -0.25) is 14.3 Å². The summed E-state index contributed by atoms with van der Waals surface area (Å²) >= 11 is 0. The zero-order chi connectivity index (χ0) is 14.0. The number of nitrogens with two attached hydrogens (primary N) is 1. The molecule has 1 aliphatic heterocycles. The number of aromatic nitrogens is 2. The first-order valence-corrected chi connectivity index (χ1v) is 6.30. The molecule has 1 aromatic rings. The van der Waals surface area contributed by atoms with Gasteiger partial charge < -0.3 is 16.0 Å². The second-order valence-corrected chi connectivity index (χ2v) is 4.73. The van der Waals surface area contributed by atoms with Gasteiger partial charge in [-0.1, -0.05) is 0 Å². The third kappa shape index (κ3) is 2.60. The zero-order valence-corrected chi connectivity index (χ0v) is 11.2. The summed E-state index contributed by atoms with van der Waals surface area (Å²) in [4.78, 5) is 25.7. The average Bonchev–Trinajstić information content (AvgIpc) is 3.04. The van der Waals surface area contributed by atoms with Gasteiger partial charge in [-0.2, -0.15) is 5.10 Å². The van der Waals surface area contributed by atoms with Crippen molar-refractivity contribution in [2.24, 2.45) is 12.8 Å². The molecule has 2 rings (SSSR count). The van der Waals surface area contributed by atoms with Crippen molar-refractivity contribution in [3.63, 3.8) is 0 Å². The molecule has 1 saturated heterocycles. The molecule has 1 aromatic heterocycles. The molecule has 1 aliphatic rings. The molecule has 104 valence electrons. The minimum atomic E-state index is -0.765. The van der Waals surface area contributed by atoms with E-state index in [-0.39, 0.29) is 11.8 Å². The van der Waals surface area contributed by atoms with Crippen LogP contribution in [0.5, 0.6) is 0 Å². The first kappa shape index (κ1) is 13.5. The molecule has 0 spiro atoms. The molecule has 0 radical (unpaired) electrons. The number of amides is 2. The summed E-state index contributed by atoms with van der Waals surface area (Å²) in [7, 11) is 3.34. The number of nitrogens with zero attached hydrogens (tertiary/aromatic N) is 3. The highest BCUT2D eigenvalue weighted by atomic mass is 16.2. The van der Waals surface area contributed by atoms with Crippen molar-refractivity contribution < 1.29 is 9.59 Å². The quantitative estimate of drug-likeness (QED) is 0.745. The van der Waals surface area contributed by atoms with Crippen LogP contribution in [-0.4, -0.2) is 46.1 Å². The van der Waals surface area contributed by atoms with E-state index in [9.17, 15) is 9.59 Å². The van der Waals surface area contributed by atoms with E-state index < -0.39 is 12.1 Å². The molecule has 7 heteroatoms. The Bertz CT molecular complexity index is 484. The van der Waals surface area contributed by atoms with Crippen LogP contribution in [0.25, 0.3) is 0 Å². The Morgan fingerprint density at radius 3 is 2.89 bits per heavy atom. The Morgan fingerprint density at radius 1 is 1.58 bits per heavy atom. The summed E-state index contributed by atoms with van der Waals surface area (Å²) in [6.45, 7) is 0.574. The van der Waals surface area contributed by atoms with Gasteiger partial charge in [0.05, 0.1) is 6.20 Å². The van der Waals surface area contributed by atoms with Crippen LogP contribution in [-0.2, 0) is 16.6 Å². The van der Waals surface area contributed by atoms with Crippen LogP contribution < -0.4 is 11.1 Å². The molecule has 2 atom stereocenters. The Morgan fingerprint density at radius 2 is 2.32 bits per heavy atom. The first-order valence-electron chi connectivity index (χ1n) is 6.30. The maximum Gasteiger partial charge on any atom is 0.244 e. The number of carbonyl (C=O) groups excluding carboxylic acids is 2. The van der Waals surface area contributed by atoms with E-state index in [4.69, 9.17) is 5.73 Å². The predicted octanol–water partition coefficient (Wildman–Crippen LogP) is -0.843. The van der Waals surface area contributed by atoms with Gasteiger partial charge in [0.1, 0.15) is 12.1 Å². The van der Waals surface area contributed by atoms with Crippen molar-refractivity contribution in [1.29, 1.82) is 0 Å². The fourth-order valence-electron chi connectivity index (χ4n) is 2.39. The smallest absolute Gasteiger partial charge is 0.244 e. The molecule has 0 aromatic carbocycles. The van der Waals surface area contributed by atoms with E-state index in [0.29, 0.717) is 18.5 Å².